The molecule has 6 nitrogen and oxygen atoms in total. The van der Waals surface area contributed by atoms with Gasteiger partial charge in [0.2, 0.25) is 0 Å². The summed E-state index contributed by atoms with van der Waals surface area (Å²) in [5, 5.41) is 2.60. The number of benzene rings is 2. The van der Waals surface area contributed by atoms with Gasteiger partial charge in [0, 0.05) is 28.1 Å². The number of allylic oxidation sites excluding steroid dienone is 1. The number of rotatable bonds is 7. The van der Waals surface area contributed by atoms with Crippen molar-refractivity contribution in [1.29, 1.82) is 0 Å². The highest BCUT2D eigenvalue weighted by Crippen LogP contribution is 2.36. The minimum atomic E-state index is -4.24. The first-order valence-electron chi connectivity index (χ1n) is 10.3. The number of amides is 1. The zero-order valence-electron chi connectivity index (χ0n) is 18.0. The summed E-state index contributed by atoms with van der Waals surface area (Å²) in [5.41, 5.74) is 2.49. The average Bonchev–Trinajstić information content (AvgIpc) is 3.38. The summed E-state index contributed by atoms with van der Waals surface area (Å²) in [7, 11) is -4.24. The van der Waals surface area contributed by atoms with Gasteiger partial charge in [0.25, 0.3) is 5.91 Å². The predicted molar refractivity (Wildman–Crippen MR) is 132 cm³/mol. The molecule has 0 saturated carbocycles. The SMILES string of the molecule is O=C(N/N=C/c1ccc(C(c2cc(F)ccc2F)S(=O)(=O)c2ccc(Cl)cc2)nc1)C1=CCCS1. The Morgan fingerprint density at radius 3 is 2.57 bits per heavy atom. The van der Waals surface area contributed by atoms with E-state index in [4.69, 9.17) is 11.6 Å². The third-order valence-corrected chi connectivity index (χ3v) is 8.48. The van der Waals surface area contributed by atoms with E-state index in [-0.39, 0.29) is 22.1 Å². The molecule has 0 bridgehead atoms. The van der Waals surface area contributed by atoms with Gasteiger partial charge in [0.05, 0.1) is 21.7 Å². The number of carbonyl (C=O) groups is 1. The van der Waals surface area contributed by atoms with Crippen LogP contribution in [0.4, 0.5) is 8.78 Å². The third kappa shape index (κ3) is 5.77. The van der Waals surface area contributed by atoms with Crippen LogP contribution in [0.1, 0.15) is 28.5 Å². The lowest BCUT2D eigenvalue weighted by molar-refractivity contribution is -0.116. The van der Waals surface area contributed by atoms with Crippen LogP contribution < -0.4 is 5.43 Å². The van der Waals surface area contributed by atoms with E-state index in [1.807, 2.05) is 6.08 Å². The molecule has 0 aliphatic carbocycles. The number of hydrogen-bond donors (Lipinski definition) is 1. The van der Waals surface area contributed by atoms with Crippen LogP contribution in [0.2, 0.25) is 5.02 Å². The van der Waals surface area contributed by atoms with Gasteiger partial charge in [0.15, 0.2) is 9.84 Å². The smallest absolute Gasteiger partial charge is 0.267 e. The molecule has 0 saturated heterocycles. The molecule has 0 spiro atoms. The number of thioether (sulfide) groups is 1. The largest absolute Gasteiger partial charge is 0.277 e. The molecule has 4 rings (SSSR count). The monoisotopic (exact) mass is 533 g/mol. The molecule has 1 atom stereocenters. The second-order valence-corrected chi connectivity index (χ2v) is 11.1. The van der Waals surface area contributed by atoms with Crippen molar-refractivity contribution in [3.05, 3.63) is 105 Å². The highest BCUT2D eigenvalue weighted by molar-refractivity contribution is 8.04. The number of sulfone groups is 1. The van der Waals surface area contributed by atoms with Gasteiger partial charge in [-0.15, -0.1) is 11.8 Å². The zero-order valence-corrected chi connectivity index (χ0v) is 20.4. The van der Waals surface area contributed by atoms with Gasteiger partial charge >= 0.3 is 0 Å². The van der Waals surface area contributed by atoms with Crippen molar-refractivity contribution < 1.29 is 22.0 Å². The Labute approximate surface area is 210 Å². The number of nitrogens with one attached hydrogen (secondary N) is 1. The van der Waals surface area contributed by atoms with E-state index < -0.39 is 26.7 Å². The summed E-state index contributed by atoms with van der Waals surface area (Å²) < 4.78 is 55.7. The van der Waals surface area contributed by atoms with Crippen LogP contribution in [-0.2, 0) is 14.6 Å². The molecule has 2 aromatic carbocycles. The lowest BCUT2D eigenvalue weighted by Gasteiger charge is -2.19. The fourth-order valence-electron chi connectivity index (χ4n) is 3.41. The van der Waals surface area contributed by atoms with E-state index in [1.54, 1.807) is 0 Å². The molecule has 35 heavy (non-hydrogen) atoms. The maximum Gasteiger partial charge on any atom is 0.277 e. The fraction of sp³-hybridized carbons (Fsp3) is 0.125. The molecule has 0 radical (unpaired) electrons. The number of hydrogen-bond acceptors (Lipinski definition) is 6. The predicted octanol–water partition coefficient (Wildman–Crippen LogP) is 5.05. The summed E-state index contributed by atoms with van der Waals surface area (Å²) in [6.07, 6.45) is 5.34. The van der Waals surface area contributed by atoms with Gasteiger partial charge in [0.1, 0.15) is 16.9 Å². The minimum Gasteiger partial charge on any atom is -0.267 e. The first kappa shape index (κ1) is 25.0. The molecule has 0 fully saturated rings. The molecule has 1 unspecified atom stereocenters. The summed E-state index contributed by atoms with van der Waals surface area (Å²) >= 11 is 7.32. The normalized spacial score (nSPS) is 14.7. The van der Waals surface area contributed by atoms with Crippen molar-refractivity contribution >= 4 is 45.3 Å². The standard InChI is InChI=1S/C24H18ClF2N3O3S2/c25-16-4-7-18(8-5-16)35(32,33)23(19-12-17(26)6-9-20(19)27)21-10-3-15(13-28-21)14-29-30-24(31)22-2-1-11-34-22/h2-10,12-14,23H,1,11H2,(H,30,31)/b29-14+. The first-order valence-corrected chi connectivity index (χ1v) is 13.2. The van der Waals surface area contributed by atoms with E-state index in [0.717, 1.165) is 30.4 Å². The zero-order chi connectivity index (χ0) is 25.0. The Hall–Kier alpha value is -3.08. The van der Waals surface area contributed by atoms with Crippen molar-refractivity contribution in [3.63, 3.8) is 0 Å². The first-order chi connectivity index (χ1) is 16.8. The second-order valence-electron chi connectivity index (χ2n) is 7.47. The van der Waals surface area contributed by atoms with E-state index >= 15 is 0 Å². The molecular formula is C24H18ClF2N3O3S2. The van der Waals surface area contributed by atoms with E-state index in [1.165, 1.54) is 60.6 Å². The van der Waals surface area contributed by atoms with Crippen LogP contribution in [0.25, 0.3) is 0 Å². The van der Waals surface area contributed by atoms with E-state index in [2.05, 4.69) is 15.5 Å². The number of halogens is 3. The summed E-state index contributed by atoms with van der Waals surface area (Å²) in [6, 6.07) is 10.9. The van der Waals surface area contributed by atoms with Crippen LogP contribution in [0, 0.1) is 11.6 Å². The Balaban J connectivity index is 1.66. The topological polar surface area (TPSA) is 88.5 Å². The molecule has 1 N–H and O–H groups in total. The highest BCUT2D eigenvalue weighted by Gasteiger charge is 2.34. The van der Waals surface area contributed by atoms with Crippen LogP contribution in [-0.4, -0.2) is 31.3 Å². The number of hydrazone groups is 1. The van der Waals surface area contributed by atoms with E-state index in [9.17, 15) is 22.0 Å². The Bertz CT molecular complexity index is 1410. The van der Waals surface area contributed by atoms with Gasteiger partial charge in [-0.2, -0.15) is 5.10 Å². The molecule has 11 heteroatoms. The lowest BCUT2D eigenvalue weighted by atomic mass is 10.1. The molecule has 180 valence electrons. The molecule has 1 aliphatic rings. The fourth-order valence-corrected chi connectivity index (χ4v) is 6.16. The van der Waals surface area contributed by atoms with Gasteiger partial charge < -0.3 is 0 Å². The van der Waals surface area contributed by atoms with Gasteiger partial charge in [-0.1, -0.05) is 17.7 Å². The number of aromatic nitrogens is 1. The average molecular weight is 534 g/mol. The highest BCUT2D eigenvalue weighted by atomic mass is 35.5. The molecule has 2 heterocycles. The van der Waals surface area contributed by atoms with Crippen LogP contribution in [0.5, 0.6) is 0 Å². The van der Waals surface area contributed by atoms with Gasteiger partial charge in [-0.3, -0.25) is 9.78 Å². The lowest BCUT2D eigenvalue weighted by Crippen LogP contribution is -2.18. The minimum absolute atomic E-state index is 0.0156. The molecular weight excluding hydrogens is 516 g/mol. The number of carbonyl (C=O) groups excluding carboxylic acids is 1. The third-order valence-electron chi connectivity index (χ3n) is 5.08. The van der Waals surface area contributed by atoms with Gasteiger partial charge in [-0.05, 0) is 61.0 Å². The van der Waals surface area contributed by atoms with Gasteiger partial charge in [-0.25, -0.2) is 22.6 Å². The van der Waals surface area contributed by atoms with Crippen molar-refractivity contribution in [2.75, 3.05) is 5.75 Å². The maximum absolute atomic E-state index is 14.7. The summed E-state index contributed by atoms with van der Waals surface area (Å²) in [5.74, 6) is -1.14. The molecule has 1 amide bonds. The Morgan fingerprint density at radius 1 is 1.14 bits per heavy atom. The van der Waals surface area contributed by atoms with Crippen LogP contribution >= 0.6 is 23.4 Å². The number of pyridine rings is 1. The Kier molecular flexibility index (Phi) is 7.63. The van der Waals surface area contributed by atoms with Crippen LogP contribution in [0.3, 0.4) is 0 Å². The molecule has 1 aromatic heterocycles. The van der Waals surface area contributed by atoms with Crippen molar-refractivity contribution in [3.8, 4) is 0 Å². The quantitative estimate of drug-likeness (QED) is 0.339. The molecule has 3 aromatic rings. The second kappa shape index (κ2) is 10.7. The van der Waals surface area contributed by atoms with Crippen molar-refractivity contribution in [1.82, 2.24) is 10.4 Å². The maximum atomic E-state index is 14.7. The van der Waals surface area contributed by atoms with Crippen LogP contribution in [0.15, 0.2) is 81.8 Å². The number of nitrogens with zero attached hydrogens (tertiary/aromatic N) is 2. The molecule has 1 aliphatic heterocycles. The van der Waals surface area contributed by atoms with E-state index in [0.29, 0.717) is 15.5 Å². The summed E-state index contributed by atoms with van der Waals surface area (Å²) in [4.78, 5) is 16.7. The summed E-state index contributed by atoms with van der Waals surface area (Å²) in [6.45, 7) is 0. The van der Waals surface area contributed by atoms with Crippen molar-refractivity contribution in [2.45, 2.75) is 16.6 Å². The van der Waals surface area contributed by atoms with Crippen molar-refractivity contribution in [2.24, 2.45) is 5.10 Å². The Morgan fingerprint density at radius 2 is 1.91 bits per heavy atom.